The van der Waals surface area contributed by atoms with E-state index in [2.05, 4.69) is 20.5 Å². The molecule has 0 aromatic carbocycles. The Kier molecular flexibility index (Phi) is 10.9. The Morgan fingerprint density at radius 3 is 2.34 bits per heavy atom. The van der Waals surface area contributed by atoms with Gasteiger partial charge in [0, 0.05) is 0 Å². The Balaban J connectivity index is 2.17. The van der Waals surface area contributed by atoms with Crippen LogP contribution in [0.1, 0.15) is 64.7 Å². The van der Waals surface area contributed by atoms with Gasteiger partial charge in [-0.25, -0.2) is 0 Å². The van der Waals surface area contributed by atoms with E-state index in [1.807, 2.05) is 6.92 Å². The van der Waals surface area contributed by atoms with Crippen molar-refractivity contribution in [2.45, 2.75) is 86.8 Å². The number of nitrogens with one attached hydrogen (secondary N) is 2. The van der Waals surface area contributed by atoms with Crippen LogP contribution in [0, 0.1) is 5.92 Å². The van der Waals surface area contributed by atoms with Crippen LogP contribution >= 0.6 is 19.8 Å². The number of likely N-dealkylation sites (N-methyl/N-ethyl adjacent to an activating group) is 1. The molecule has 1 saturated heterocycles. The molecule has 8 nitrogen and oxygen atoms in total. The predicted octanol–water partition coefficient (Wildman–Crippen LogP) is 1.62. The van der Waals surface area contributed by atoms with Gasteiger partial charge in [0.1, 0.15) is 0 Å². The van der Waals surface area contributed by atoms with E-state index in [4.69, 9.17) is 5.73 Å². The molecule has 0 spiro atoms. The molecule has 2 aliphatic rings. The van der Waals surface area contributed by atoms with Crippen LogP contribution in [0.3, 0.4) is 0 Å². The predicted molar refractivity (Wildman–Crippen MR) is 135 cm³/mol. The molecule has 2 rings (SSSR count). The second kappa shape index (κ2) is 12.9. The summed E-state index contributed by atoms with van der Waals surface area (Å²) in [6, 6.07) is -2.07. The summed E-state index contributed by atoms with van der Waals surface area (Å²) in [4.78, 5) is 57.3. The van der Waals surface area contributed by atoms with Crippen LogP contribution in [0.5, 0.6) is 0 Å². The van der Waals surface area contributed by atoms with Gasteiger partial charge in [0.25, 0.3) is 0 Å². The van der Waals surface area contributed by atoms with Crippen LogP contribution < -0.4 is 16.4 Å². The Hall–Kier alpha value is -1.23. The van der Waals surface area contributed by atoms with Crippen molar-refractivity contribution in [3.8, 4) is 0 Å². The number of carbonyl (C=O) groups is 4. The van der Waals surface area contributed by atoms with Gasteiger partial charge >= 0.3 is 200 Å². The molecule has 0 aromatic rings. The van der Waals surface area contributed by atoms with E-state index in [1.54, 1.807) is 4.90 Å². The topological polar surface area (TPSA) is 122 Å². The van der Waals surface area contributed by atoms with Crippen LogP contribution in [0.25, 0.3) is 0 Å². The fourth-order valence-electron chi connectivity index (χ4n) is 4.71. The van der Waals surface area contributed by atoms with Crippen molar-refractivity contribution in [3.63, 3.8) is 0 Å². The molecule has 1 saturated carbocycles. The third-order valence-corrected chi connectivity index (χ3v) is 11.3. The fraction of sp³-hybridized carbons (Fsp3) is 0.826. The van der Waals surface area contributed by atoms with Crippen LogP contribution in [-0.2, 0) is 19.2 Å². The number of rotatable bonds is 10. The standard InChI is InChI=1S/C23H41IN4O4/c1-5-6-12-17(20(29)22(31)26-4)27-21(30)18-13-16(24(2)3)14-28(18)23(32)19(25)15-10-8-7-9-11-15/h15-19H,5-14,25H2,1-4H3,(H,26,31)(H,27,30)/t16-,17?,18+,19+/m1/s1. The van der Waals surface area contributed by atoms with Gasteiger partial charge in [-0.05, 0) is 0 Å². The first kappa shape index (κ1) is 27.0. The van der Waals surface area contributed by atoms with Crippen molar-refractivity contribution in [1.29, 1.82) is 0 Å². The molecule has 0 bridgehead atoms. The molecular formula is C23H41IN4O4. The van der Waals surface area contributed by atoms with Gasteiger partial charge in [0.15, 0.2) is 0 Å². The number of nitrogens with zero attached hydrogens (tertiary/aromatic N) is 1. The number of likely N-dealkylation sites (tertiary alicyclic amines) is 1. The number of unbranched alkanes of at least 4 members (excludes halogenated alkanes) is 1. The average molecular weight is 565 g/mol. The van der Waals surface area contributed by atoms with E-state index < -0.39 is 49.6 Å². The van der Waals surface area contributed by atoms with Crippen LogP contribution in [0.2, 0.25) is 0 Å². The Labute approximate surface area is 199 Å². The number of carbonyl (C=O) groups excluding carboxylic acids is 4. The molecule has 4 atom stereocenters. The van der Waals surface area contributed by atoms with E-state index >= 15 is 0 Å². The van der Waals surface area contributed by atoms with Gasteiger partial charge in [0.05, 0.1) is 0 Å². The van der Waals surface area contributed by atoms with Crippen molar-refractivity contribution in [2.75, 3.05) is 23.5 Å². The van der Waals surface area contributed by atoms with Gasteiger partial charge in [-0.2, -0.15) is 0 Å². The summed E-state index contributed by atoms with van der Waals surface area (Å²) < 4.78 is 0.348. The number of hydrogen-bond donors (Lipinski definition) is 3. The van der Waals surface area contributed by atoms with Crippen molar-refractivity contribution >= 4 is 43.3 Å². The molecule has 0 radical (unpaired) electrons. The molecule has 32 heavy (non-hydrogen) atoms. The van der Waals surface area contributed by atoms with Gasteiger partial charge < -0.3 is 0 Å². The first-order valence-corrected chi connectivity index (χ1v) is 17.4. The third-order valence-electron chi connectivity index (χ3n) is 6.83. The maximum absolute atomic E-state index is 13.4. The minimum atomic E-state index is -1.27. The van der Waals surface area contributed by atoms with E-state index in [1.165, 1.54) is 13.5 Å². The number of halogens is 1. The van der Waals surface area contributed by atoms with Crippen LogP contribution in [-0.4, -0.2) is 73.9 Å². The van der Waals surface area contributed by atoms with E-state index in [0.717, 1.165) is 38.5 Å². The third kappa shape index (κ3) is 6.88. The number of alkyl halides is 3. The van der Waals surface area contributed by atoms with Crippen molar-refractivity contribution < 1.29 is 19.2 Å². The van der Waals surface area contributed by atoms with Crippen LogP contribution in [0.15, 0.2) is 0 Å². The number of amides is 3. The summed E-state index contributed by atoms with van der Waals surface area (Å²) in [5.41, 5.74) is 6.41. The van der Waals surface area contributed by atoms with Gasteiger partial charge in [-0.3, -0.25) is 0 Å². The quantitative estimate of drug-likeness (QED) is 0.212. The van der Waals surface area contributed by atoms with E-state index in [9.17, 15) is 19.2 Å². The first-order valence-electron chi connectivity index (χ1n) is 11.8. The Bertz CT molecular complexity index is 681. The van der Waals surface area contributed by atoms with E-state index in [0.29, 0.717) is 23.3 Å². The molecular weight excluding hydrogens is 523 g/mol. The first-order chi connectivity index (χ1) is 15.2. The van der Waals surface area contributed by atoms with Crippen LogP contribution in [0.4, 0.5) is 0 Å². The molecule has 9 heteroatoms. The molecule has 1 aliphatic carbocycles. The summed E-state index contributed by atoms with van der Waals surface area (Å²) in [5.74, 6) is -1.66. The maximum atomic E-state index is 13.4. The summed E-state index contributed by atoms with van der Waals surface area (Å²) in [7, 11) is 1.40. The Morgan fingerprint density at radius 2 is 1.78 bits per heavy atom. The molecule has 1 aliphatic heterocycles. The monoisotopic (exact) mass is 564 g/mol. The second-order valence-corrected chi connectivity index (χ2v) is 15.6. The number of hydrogen-bond acceptors (Lipinski definition) is 5. The van der Waals surface area contributed by atoms with Gasteiger partial charge in [-0.15, -0.1) is 0 Å². The normalized spacial score (nSPS) is 23.9. The molecule has 3 amide bonds. The summed E-state index contributed by atoms with van der Waals surface area (Å²) in [5, 5.41) is 5.16. The van der Waals surface area contributed by atoms with Gasteiger partial charge in [-0.1, -0.05) is 0 Å². The van der Waals surface area contributed by atoms with Crippen molar-refractivity contribution in [1.82, 2.24) is 15.5 Å². The van der Waals surface area contributed by atoms with Crippen molar-refractivity contribution in [2.24, 2.45) is 11.7 Å². The molecule has 184 valence electrons. The summed E-state index contributed by atoms with van der Waals surface area (Å²) in [6.07, 6.45) is 7.88. The SMILES string of the molecule is CCCCC(NC(=O)[C@@H]1C[C@@H](I(C)C)CN1C(=O)[C@@H](N)C1CCCCC1)C(=O)C(=O)NC. The Morgan fingerprint density at radius 1 is 1.12 bits per heavy atom. The molecule has 1 unspecified atom stereocenters. The molecule has 1 heterocycles. The molecule has 0 aromatic heterocycles. The summed E-state index contributed by atoms with van der Waals surface area (Å²) >= 11 is -1.27. The zero-order chi connectivity index (χ0) is 23.8. The fourth-order valence-corrected chi connectivity index (χ4v) is 7.42. The van der Waals surface area contributed by atoms with Crippen molar-refractivity contribution in [3.05, 3.63) is 0 Å². The van der Waals surface area contributed by atoms with Gasteiger partial charge in [0.2, 0.25) is 0 Å². The average Bonchev–Trinajstić information content (AvgIpc) is 3.26. The minimum absolute atomic E-state index is 0.139. The zero-order valence-electron chi connectivity index (χ0n) is 20.0. The number of Topliss-reactive ketones (excluding diaryl/α,β-unsaturated/α-hetero) is 1. The molecule has 2 fully saturated rings. The number of nitrogens with two attached hydrogens (primary N) is 1. The van der Waals surface area contributed by atoms with E-state index in [-0.39, 0.29) is 17.7 Å². The molecule has 4 N–H and O–H groups in total. The zero-order valence-corrected chi connectivity index (χ0v) is 22.2. The summed E-state index contributed by atoms with van der Waals surface area (Å²) in [6.45, 7) is 2.56. The second-order valence-electron chi connectivity index (χ2n) is 9.22. The number of ketones is 1.